The highest BCUT2D eigenvalue weighted by atomic mass is 35.5. The van der Waals surface area contributed by atoms with Gasteiger partial charge in [-0.25, -0.2) is 9.97 Å². The molecule has 0 saturated carbocycles. The standard InChI is InChI=1S/C30H31ClN6O2S/c1-19(22-7-4-5-8-23(22)31)39-26-16-28(40-29(26)30(32)38)37-18-35-24-15-20(9-11-25(24)37)21-10-12-27(34-17-21)33-13-6-14-36(2)3/h4-5,7-12,15-19H,6,13-14H2,1-3H3,(H2,32,38)(H,33,34)/t19-/m1/s1. The lowest BCUT2D eigenvalue weighted by atomic mass is 10.1. The lowest BCUT2D eigenvalue weighted by molar-refractivity contribution is 0.0998. The maximum absolute atomic E-state index is 12.3. The predicted octanol–water partition coefficient (Wildman–Crippen LogP) is 6.40. The Morgan fingerprint density at radius 2 is 1.93 bits per heavy atom. The first-order valence-corrected chi connectivity index (χ1v) is 14.2. The van der Waals surface area contributed by atoms with Crippen molar-refractivity contribution in [2.45, 2.75) is 19.4 Å². The van der Waals surface area contributed by atoms with Crippen LogP contribution < -0.4 is 15.8 Å². The highest BCUT2D eigenvalue weighted by Crippen LogP contribution is 2.37. The minimum absolute atomic E-state index is 0.342. The van der Waals surface area contributed by atoms with Gasteiger partial charge in [0.2, 0.25) is 0 Å². The third-order valence-electron chi connectivity index (χ3n) is 6.53. The van der Waals surface area contributed by atoms with Crippen LogP contribution in [-0.2, 0) is 0 Å². The first-order valence-electron chi connectivity index (χ1n) is 13.0. The van der Waals surface area contributed by atoms with E-state index in [4.69, 9.17) is 22.1 Å². The summed E-state index contributed by atoms with van der Waals surface area (Å²) < 4.78 is 8.10. The monoisotopic (exact) mass is 574 g/mol. The van der Waals surface area contributed by atoms with Crippen molar-refractivity contribution < 1.29 is 9.53 Å². The summed E-state index contributed by atoms with van der Waals surface area (Å²) >= 11 is 7.61. The number of pyridine rings is 1. The number of thiophene rings is 1. The fraction of sp³-hybridized carbons (Fsp3) is 0.233. The van der Waals surface area contributed by atoms with Gasteiger partial charge >= 0.3 is 0 Å². The molecule has 3 N–H and O–H groups in total. The molecular weight excluding hydrogens is 544 g/mol. The summed E-state index contributed by atoms with van der Waals surface area (Å²) in [5.41, 5.74) is 10.3. The minimum atomic E-state index is -0.549. The third-order valence-corrected chi connectivity index (χ3v) is 8.00. The molecule has 0 saturated heterocycles. The number of carbonyl (C=O) groups excluding carboxylic acids is 1. The number of halogens is 1. The number of nitrogens with one attached hydrogen (secondary N) is 1. The molecule has 3 heterocycles. The zero-order valence-electron chi connectivity index (χ0n) is 22.6. The molecule has 0 spiro atoms. The van der Waals surface area contributed by atoms with Crippen LogP contribution >= 0.6 is 22.9 Å². The number of benzene rings is 2. The van der Waals surface area contributed by atoms with E-state index in [0.717, 1.165) is 58.1 Å². The van der Waals surface area contributed by atoms with Crippen LogP contribution in [0.3, 0.4) is 0 Å². The van der Waals surface area contributed by atoms with Crippen molar-refractivity contribution in [3.63, 3.8) is 0 Å². The van der Waals surface area contributed by atoms with Gasteiger partial charge < -0.3 is 20.7 Å². The second-order valence-electron chi connectivity index (χ2n) is 9.76. The predicted molar refractivity (Wildman–Crippen MR) is 163 cm³/mol. The smallest absolute Gasteiger partial charge is 0.262 e. The van der Waals surface area contributed by atoms with Gasteiger partial charge in [0.25, 0.3) is 5.91 Å². The Morgan fingerprint density at radius 3 is 2.65 bits per heavy atom. The van der Waals surface area contributed by atoms with E-state index in [1.54, 1.807) is 6.33 Å². The van der Waals surface area contributed by atoms with Crippen LogP contribution in [0.4, 0.5) is 5.82 Å². The second kappa shape index (κ2) is 12.1. The summed E-state index contributed by atoms with van der Waals surface area (Å²) in [6.07, 6.45) is 4.29. The summed E-state index contributed by atoms with van der Waals surface area (Å²) in [6.45, 7) is 3.79. The number of fused-ring (bicyclic) bond motifs is 1. The average molecular weight is 575 g/mol. The highest BCUT2D eigenvalue weighted by molar-refractivity contribution is 7.16. The van der Waals surface area contributed by atoms with Gasteiger partial charge in [0.15, 0.2) is 0 Å². The van der Waals surface area contributed by atoms with Crippen molar-refractivity contribution in [1.29, 1.82) is 0 Å². The number of amides is 1. The number of ether oxygens (including phenoxy) is 1. The summed E-state index contributed by atoms with van der Waals surface area (Å²) in [6, 6.07) is 19.4. The largest absolute Gasteiger partial charge is 0.484 e. The van der Waals surface area contributed by atoms with Gasteiger partial charge in [-0.1, -0.05) is 35.9 Å². The minimum Gasteiger partial charge on any atom is -0.484 e. The Kier molecular flexibility index (Phi) is 8.35. The molecule has 2 aromatic carbocycles. The van der Waals surface area contributed by atoms with Crippen molar-refractivity contribution in [3.05, 3.63) is 88.7 Å². The van der Waals surface area contributed by atoms with E-state index >= 15 is 0 Å². The number of primary amides is 1. The summed E-state index contributed by atoms with van der Waals surface area (Å²) in [5, 5.41) is 4.74. The number of anilines is 1. The first kappa shape index (κ1) is 27.6. The molecule has 0 unspecified atom stereocenters. The fourth-order valence-corrected chi connectivity index (χ4v) is 5.66. The quantitative estimate of drug-likeness (QED) is 0.177. The highest BCUT2D eigenvalue weighted by Gasteiger charge is 2.21. The maximum atomic E-state index is 12.3. The molecule has 40 heavy (non-hydrogen) atoms. The maximum Gasteiger partial charge on any atom is 0.262 e. The Morgan fingerprint density at radius 1 is 1.12 bits per heavy atom. The van der Waals surface area contributed by atoms with Crippen molar-refractivity contribution in [1.82, 2.24) is 19.4 Å². The van der Waals surface area contributed by atoms with Crippen LogP contribution in [0.25, 0.3) is 27.2 Å². The van der Waals surface area contributed by atoms with Gasteiger partial charge in [-0.15, -0.1) is 11.3 Å². The molecular formula is C30H31ClN6O2S. The van der Waals surface area contributed by atoms with Crippen molar-refractivity contribution >= 4 is 45.7 Å². The average Bonchev–Trinajstić information content (AvgIpc) is 3.55. The zero-order valence-corrected chi connectivity index (χ0v) is 24.2. The third kappa shape index (κ3) is 6.12. The molecule has 1 amide bonds. The number of hydrogen-bond donors (Lipinski definition) is 2. The molecule has 1 atom stereocenters. The van der Waals surface area contributed by atoms with Crippen LogP contribution in [0.2, 0.25) is 5.02 Å². The van der Waals surface area contributed by atoms with E-state index in [2.05, 4.69) is 40.3 Å². The molecule has 8 nitrogen and oxygen atoms in total. The molecule has 206 valence electrons. The van der Waals surface area contributed by atoms with Gasteiger partial charge in [-0.2, -0.15) is 0 Å². The van der Waals surface area contributed by atoms with Crippen LogP contribution in [-0.4, -0.2) is 52.5 Å². The summed E-state index contributed by atoms with van der Waals surface area (Å²) in [7, 11) is 4.14. The Labute approximate surface area is 242 Å². The molecule has 10 heteroatoms. The summed E-state index contributed by atoms with van der Waals surface area (Å²) in [4.78, 5) is 24.0. The van der Waals surface area contributed by atoms with E-state index in [1.165, 1.54) is 11.3 Å². The Bertz CT molecular complexity index is 1630. The van der Waals surface area contributed by atoms with Gasteiger partial charge in [0, 0.05) is 35.0 Å². The van der Waals surface area contributed by atoms with Gasteiger partial charge in [-0.05, 0) is 69.9 Å². The Hall–Kier alpha value is -3.92. The zero-order chi connectivity index (χ0) is 28.2. The lowest BCUT2D eigenvalue weighted by Crippen LogP contribution is -2.16. The van der Waals surface area contributed by atoms with Crippen LogP contribution in [0.5, 0.6) is 5.75 Å². The van der Waals surface area contributed by atoms with E-state index in [9.17, 15) is 4.79 Å². The molecule has 0 fully saturated rings. The number of nitrogens with two attached hydrogens (primary N) is 1. The summed E-state index contributed by atoms with van der Waals surface area (Å²) in [5.74, 6) is 0.727. The van der Waals surface area contributed by atoms with Crippen LogP contribution in [0.15, 0.2) is 73.2 Å². The van der Waals surface area contributed by atoms with E-state index in [-0.39, 0.29) is 6.10 Å². The molecule has 0 aliphatic rings. The normalized spacial score (nSPS) is 12.1. The molecule has 0 aliphatic carbocycles. The Balaban J connectivity index is 1.36. The number of imidazole rings is 1. The van der Waals surface area contributed by atoms with E-state index in [0.29, 0.717) is 15.6 Å². The SMILES string of the molecule is C[C@@H](Oc1cc(-n2cnc3cc(-c4ccc(NCCCN(C)C)nc4)ccc32)sc1C(N)=O)c1ccccc1Cl. The molecule has 0 bridgehead atoms. The lowest BCUT2D eigenvalue weighted by Gasteiger charge is -2.16. The van der Waals surface area contributed by atoms with E-state index in [1.807, 2.05) is 72.3 Å². The van der Waals surface area contributed by atoms with Crippen LogP contribution in [0, 0.1) is 0 Å². The topological polar surface area (TPSA) is 98.3 Å². The second-order valence-corrected chi connectivity index (χ2v) is 11.2. The molecule has 5 rings (SSSR count). The van der Waals surface area contributed by atoms with Crippen molar-refractivity contribution in [2.75, 3.05) is 32.5 Å². The van der Waals surface area contributed by atoms with Gasteiger partial charge in [0.05, 0.1) is 11.0 Å². The number of nitrogens with zero attached hydrogens (tertiary/aromatic N) is 4. The van der Waals surface area contributed by atoms with Gasteiger partial charge in [-0.3, -0.25) is 9.36 Å². The van der Waals surface area contributed by atoms with Crippen molar-refractivity contribution in [3.8, 4) is 21.9 Å². The number of hydrogen-bond acceptors (Lipinski definition) is 7. The molecule has 5 aromatic rings. The molecule has 3 aromatic heterocycles. The molecule has 0 radical (unpaired) electrons. The number of rotatable bonds is 11. The molecule has 0 aliphatic heterocycles. The number of aromatic nitrogens is 3. The van der Waals surface area contributed by atoms with Crippen molar-refractivity contribution in [2.24, 2.45) is 5.73 Å². The van der Waals surface area contributed by atoms with Gasteiger partial charge in [0.1, 0.15) is 33.9 Å². The number of carbonyl (C=O) groups is 1. The fourth-order valence-electron chi connectivity index (χ4n) is 4.45. The van der Waals surface area contributed by atoms with Crippen LogP contribution in [0.1, 0.15) is 34.7 Å². The van der Waals surface area contributed by atoms with E-state index < -0.39 is 5.91 Å². The first-order chi connectivity index (χ1) is 19.3.